The molecule has 0 bridgehead atoms. The first-order valence-corrected chi connectivity index (χ1v) is 13.2. The molecule has 3 aromatic rings. The molecule has 1 unspecified atom stereocenters. The van der Waals surface area contributed by atoms with E-state index in [0.717, 1.165) is 30.5 Å². The van der Waals surface area contributed by atoms with E-state index >= 15 is 0 Å². The number of carbonyl (C=O) groups excluding carboxylic acids is 1. The summed E-state index contributed by atoms with van der Waals surface area (Å²) in [5.41, 5.74) is 0.887. The highest BCUT2D eigenvalue weighted by molar-refractivity contribution is 5.91. The fraction of sp³-hybridized carbons (Fsp3) is 0.414. The summed E-state index contributed by atoms with van der Waals surface area (Å²) < 4.78 is 11.8. The van der Waals surface area contributed by atoms with Crippen LogP contribution in [0.2, 0.25) is 0 Å². The van der Waals surface area contributed by atoms with Crippen LogP contribution in [0, 0.1) is 5.41 Å². The Kier molecular flexibility index (Phi) is 8.96. The minimum absolute atomic E-state index is 0.0984. The molecule has 2 N–H and O–H groups in total. The van der Waals surface area contributed by atoms with Crippen LogP contribution in [-0.4, -0.2) is 57.7 Å². The number of piperidine rings is 1. The molecule has 1 fully saturated rings. The number of hydrogen-bond donors (Lipinski definition) is 2. The quantitative estimate of drug-likeness (QED) is 0.374. The molecule has 2 aromatic heterocycles. The van der Waals surface area contributed by atoms with Crippen LogP contribution in [-0.2, 0) is 22.4 Å². The number of pyridine rings is 1. The first-order valence-electron chi connectivity index (χ1n) is 13.2. The largest absolute Gasteiger partial charge is 0.488 e. The molecule has 10 nitrogen and oxygen atoms in total. The van der Waals surface area contributed by atoms with Crippen LogP contribution >= 0.6 is 0 Å². The van der Waals surface area contributed by atoms with Crippen LogP contribution in [0.1, 0.15) is 44.7 Å². The maximum atomic E-state index is 12.7. The summed E-state index contributed by atoms with van der Waals surface area (Å²) in [4.78, 5) is 39.5. The highest BCUT2D eigenvalue weighted by atomic mass is 16.5. The zero-order valence-electron chi connectivity index (χ0n) is 22.6. The van der Waals surface area contributed by atoms with E-state index < -0.39 is 11.4 Å². The number of nitrogens with one attached hydrogen (secondary N) is 1. The number of aromatic nitrogens is 3. The number of rotatable bonds is 11. The third-order valence-corrected chi connectivity index (χ3v) is 6.50. The number of anilines is 2. The van der Waals surface area contributed by atoms with Crippen molar-refractivity contribution in [1.29, 1.82) is 0 Å². The Hall–Kier alpha value is -4.21. The topological polar surface area (TPSA) is 127 Å². The molecule has 1 atom stereocenters. The monoisotopic (exact) mass is 533 g/mol. The molecule has 1 saturated heterocycles. The molecule has 0 saturated carbocycles. The van der Waals surface area contributed by atoms with Crippen molar-refractivity contribution in [2.45, 2.75) is 52.6 Å². The molecular weight excluding hydrogens is 498 g/mol. The predicted octanol–water partition coefficient (Wildman–Crippen LogP) is 4.15. The summed E-state index contributed by atoms with van der Waals surface area (Å²) >= 11 is 0. The summed E-state index contributed by atoms with van der Waals surface area (Å²) in [6.07, 6.45) is 5.58. The van der Waals surface area contributed by atoms with E-state index in [1.54, 1.807) is 32.3 Å². The van der Waals surface area contributed by atoms with Gasteiger partial charge in [0.15, 0.2) is 5.75 Å². The van der Waals surface area contributed by atoms with Gasteiger partial charge in [0.1, 0.15) is 11.9 Å². The number of carboxylic acids is 1. The first-order chi connectivity index (χ1) is 18.7. The van der Waals surface area contributed by atoms with Gasteiger partial charge in [0.25, 0.3) is 5.88 Å². The molecule has 1 amide bonds. The van der Waals surface area contributed by atoms with E-state index in [9.17, 15) is 14.7 Å². The van der Waals surface area contributed by atoms with Crippen LogP contribution in [0.5, 0.6) is 11.6 Å². The van der Waals surface area contributed by atoms with Crippen molar-refractivity contribution in [2.75, 3.05) is 29.9 Å². The van der Waals surface area contributed by atoms with Gasteiger partial charge in [0, 0.05) is 18.9 Å². The van der Waals surface area contributed by atoms with E-state index in [1.165, 1.54) is 0 Å². The number of ether oxygens (including phenoxy) is 2. The van der Waals surface area contributed by atoms with E-state index in [1.807, 2.05) is 48.2 Å². The molecule has 206 valence electrons. The van der Waals surface area contributed by atoms with E-state index in [-0.39, 0.29) is 18.4 Å². The number of hydrogen-bond acceptors (Lipinski definition) is 8. The molecule has 0 radical (unpaired) electrons. The Morgan fingerprint density at radius 3 is 2.62 bits per heavy atom. The van der Waals surface area contributed by atoms with Crippen LogP contribution in [0.4, 0.5) is 11.8 Å². The highest BCUT2D eigenvalue weighted by Crippen LogP contribution is 2.27. The third kappa shape index (κ3) is 7.66. The van der Waals surface area contributed by atoms with E-state index in [4.69, 9.17) is 9.47 Å². The van der Waals surface area contributed by atoms with Gasteiger partial charge in [-0.1, -0.05) is 24.3 Å². The number of carboxylic acid groups (broad SMARTS) is 1. The Morgan fingerprint density at radius 1 is 1.10 bits per heavy atom. The molecular formula is C29H35N5O5. The van der Waals surface area contributed by atoms with Gasteiger partial charge in [0.05, 0.1) is 25.0 Å². The van der Waals surface area contributed by atoms with Crippen molar-refractivity contribution < 1.29 is 24.2 Å². The number of carbonyl (C=O) groups is 2. The van der Waals surface area contributed by atoms with Crippen molar-refractivity contribution in [2.24, 2.45) is 5.41 Å². The maximum absolute atomic E-state index is 12.7. The number of nitrogens with zero attached hydrogens (tertiary/aromatic N) is 4. The van der Waals surface area contributed by atoms with Gasteiger partial charge < -0.3 is 24.8 Å². The zero-order valence-corrected chi connectivity index (χ0v) is 22.6. The molecule has 39 heavy (non-hydrogen) atoms. The van der Waals surface area contributed by atoms with Gasteiger partial charge in [0.2, 0.25) is 11.9 Å². The average Bonchev–Trinajstić information content (AvgIpc) is 2.91. The lowest BCUT2D eigenvalue weighted by Gasteiger charge is -2.32. The second-order valence-corrected chi connectivity index (χ2v) is 10.2. The van der Waals surface area contributed by atoms with E-state index in [2.05, 4.69) is 20.3 Å². The molecule has 1 aliphatic rings. The lowest BCUT2D eigenvalue weighted by molar-refractivity contribution is -0.146. The van der Waals surface area contributed by atoms with E-state index in [0.29, 0.717) is 43.0 Å². The Bertz CT molecular complexity index is 1280. The van der Waals surface area contributed by atoms with Crippen molar-refractivity contribution in [3.8, 4) is 11.6 Å². The molecule has 0 aliphatic carbocycles. The highest BCUT2D eigenvalue weighted by Gasteiger charge is 2.27. The number of amides is 1. The maximum Gasteiger partial charge on any atom is 0.309 e. The van der Waals surface area contributed by atoms with Crippen LogP contribution in [0.25, 0.3) is 0 Å². The molecule has 1 aromatic carbocycles. The summed E-state index contributed by atoms with van der Waals surface area (Å²) in [6.45, 7) is 7.21. The minimum atomic E-state index is -0.852. The fourth-order valence-electron chi connectivity index (χ4n) is 4.41. The lowest BCUT2D eigenvalue weighted by Crippen LogP contribution is -2.42. The summed E-state index contributed by atoms with van der Waals surface area (Å²) in [6, 6.07) is 12.8. The third-order valence-electron chi connectivity index (χ3n) is 6.50. The smallest absolute Gasteiger partial charge is 0.309 e. The Morgan fingerprint density at radius 2 is 1.87 bits per heavy atom. The molecule has 10 heteroatoms. The summed E-state index contributed by atoms with van der Waals surface area (Å²) in [5.74, 6) is 1.01. The lowest BCUT2D eigenvalue weighted by atomic mass is 9.86. The van der Waals surface area contributed by atoms with Gasteiger partial charge in [-0.25, -0.2) is 9.97 Å². The van der Waals surface area contributed by atoms with Crippen molar-refractivity contribution in [3.05, 3.63) is 66.0 Å². The summed E-state index contributed by atoms with van der Waals surface area (Å²) in [7, 11) is 0. The second kappa shape index (κ2) is 12.6. The number of aliphatic carboxylic acids is 1. The van der Waals surface area contributed by atoms with Crippen LogP contribution in [0.3, 0.4) is 0 Å². The number of benzene rings is 1. The van der Waals surface area contributed by atoms with Crippen LogP contribution in [0.15, 0.2) is 54.9 Å². The predicted molar refractivity (Wildman–Crippen MR) is 147 cm³/mol. The van der Waals surface area contributed by atoms with Gasteiger partial charge in [-0.3, -0.25) is 9.59 Å². The summed E-state index contributed by atoms with van der Waals surface area (Å²) in [5, 5.41) is 12.2. The molecule has 1 aliphatic heterocycles. The van der Waals surface area contributed by atoms with Gasteiger partial charge in [-0.2, -0.15) is 4.98 Å². The molecule has 4 rings (SSSR count). The normalized spacial score (nSPS) is 15.5. The minimum Gasteiger partial charge on any atom is -0.488 e. The molecule has 0 spiro atoms. The van der Waals surface area contributed by atoms with Gasteiger partial charge in [-0.05, 0) is 69.4 Å². The van der Waals surface area contributed by atoms with Crippen LogP contribution < -0.4 is 19.7 Å². The second-order valence-electron chi connectivity index (χ2n) is 10.2. The van der Waals surface area contributed by atoms with Crippen molar-refractivity contribution >= 4 is 23.6 Å². The van der Waals surface area contributed by atoms with Crippen molar-refractivity contribution in [1.82, 2.24) is 15.0 Å². The first kappa shape index (κ1) is 27.8. The average molecular weight is 534 g/mol. The van der Waals surface area contributed by atoms with Crippen molar-refractivity contribution in [3.63, 3.8) is 0 Å². The zero-order chi connectivity index (χ0) is 27.8. The van der Waals surface area contributed by atoms with Gasteiger partial charge in [-0.15, -0.1) is 0 Å². The standard InChI is InChI=1S/C29H35N5O5/c1-4-38-23-8-5-14-30-26(23)39-22-7-6-16-34(19-22)28-31-15-13-24(33-28)32-25(35)17-20-9-11-21(12-10-20)18-29(2,3)27(36)37/h5,8-15,22H,4,6-7,16-19H2,1-3H3,(H,36,37)(H,31,32,33,35). The van der Waals surface area contributed by atoms with Gasteiger partial charge >= 0.3 is 5.97 Å². The Labute approximate surface area is 228 Å². The molecule has 3 heterocycles. The Balaban J connectivity index is 1.34. The fourth-order valence-corrected chi connectivity index (χ4v) is 4.41. The SMILES string of the molecule is CCOc1cccnc1OC1CCCN(c2nccc(NC(=O)Cc3ccc(CC(C)(C)C(=O)O)cc3)n2)C1.